The minimum absolute atomic E-state index is 0.0364. The van der Waals surface area contributed by atoms with Crippen molar-refractivity contribution in [1.82, 2.24) is 20.2 Å². The predicted octanol–water partition coefficient (Wildman–Crippen LogP) is 3.80. The Morgan fingerprint density at radius 1 is 1.05 bits per heavy atom. The molecule has 43 heavy (non-hydrogen) atoms. The number of carbonyl (C=O) groups excluding carboxylic acids is 3. The monoisotopic (exact) mass is 662 g/mol. The molecule has 0 unspecified atom stereocenters. The predicted molar refractivity (Wildman–Crippen MR) is 168 cm³/mol. The molecule has 1 fully saturated rings. The minimum atomic E-state index is -0.254. The summed E-state index contributed by atoms with van der Waals surface area (Å²) >= 11 is 3.49. The number of rotatable bonds is 20. The van der Waals surface area contributed by atoms with Gasteiger partial charge in [0.2, 0.25) is 17.8 Å². The number of carbonyl (C=O) groups is 3. The molecule has 1 saturated carbocycles. The molecule has 0 aliphatic heterocycles. The minimum Gasteiger partial charge on any atom is -0.492 e. The lowest BCUT2D eigenvalue weighted by Crippen LogP contribution is -2.37. The van der Waals surface area contributed by atoms with Gasteiger partial charge in [0, 0.05) is 43.9 Å². The molecule has 1 aliphatic rings. The van der Waals surface area contributed by atoms with E-state index in [4.69, 9.17) is 14.2 Å². The fraction of sp³-hybridized carbons (Fsp3) is 0.567. The third-order valence-electron chi connectivity index (χ3n) is 6.83. The van der Waals surface area contributed by atoms with Gasteiger partial charge in [-0.1, -0.05) is 20.3 Å². The smallest absolute Gasteiger partial charge is 0.246 e. The number of nitrogens with one attached hydrogen (secondary N) is 3. The van der Waals surface area contributed by atoms with Crippen LogP contribution in [0.25, 0.3) is 0 Å². The third-order valence-corrected chi connectivity index (χ3v) is 7.41. The zero-order valence-corrected chi connectivity index (χ0v) is 26.8. The Bertz CT molecular complexity index is 1180. The van der Waals surface area contributed by atoms with Crippen LogP contribution in [-0.2, 0) is 23.9 Å². The Labute approximate surface area is 261 Å². The summed E-state index contributed by atoms with van der Waals surface area (Å²) in [5.41, 5.74) is 0.791. The highest BCUT2D eigenvalue weighted by Crippen LogP contribution is 2.28. The molecule has 3 rings (SSSR count). The Morgan fingerprint density at radius 2 is 1.77 bits per heavy atom. The van der Waals surface area contributed by atoms with Crippen molar-refractivity contribution in [1.29, 1.82) is 0 Å². The molecule has 12 nitrogen and oxygen atoms in total. The maximum absolute atomic E-state index is 12.3. The van der Waals surface area contributed by atoms with Gasteiger partial charge in [-0.3, -0.25) is 14.4 Å². The van der Waals surface area contributed by atoms with E-state index in [0.717, 1.165) is 35.8 Å². The zero-order chi connectivity index (χ0) is 31.0. The standard InChI is InChI=1S/C30H43BrN6O6/c1-21(2)26(38)19-41-16-17-42-20-27(39)32-13-15-43-24-10-8-23(9-11-24)35-30-34-18-25(31)28(36-30)33-12-5-14-37(3)29(40)22-6-4-7-22/h8-11,18,21-22H,4-7,12-17,19-20H2,1-3H3,(H,32,39)(H2,33,34,35,36). The van der Waals surface area contributed by atoms with Crippen molar-refractivity contribution in [2.24, 2.45) is 11.8 Å². The molecule has 236 valence electrons. The lowest BCUT2D eigenvalue weighted by Gasteiger charge is -2.29. The van der Waals surface area contributed by atoms with Crippen LogP contribution in [0.2, 0.25) is 0 Å². The molecule has 1 aromatic heterocycles. The van der Waals surface area contributed by atoms with Crippen LogP contribution in [0.3, 0.4) is 0 Å². The van der Waals surface area contributed by atoms with Gasteiger partial charge in [0.25, 0.3) is 0 Å². The molecule has 13 heteroatoms. The van der Waals surface area contributed by atoms with Gasteiger partial charge in [-0.25, -0.2) is 4.98 Å². The lowest BCUT2D eigenvalue weighted by molar-refractivity contribution is -0.136. The summed E-state index contributed by atoms with van der Waals surface area (Å²) in [6.45, 7) is 6.11. The second-order valence-corrected chi connectivity index (χ2v) is 11.5. The highest BCUT2D eigenvalue weighted by atomic mass is 79.9. The topological polar surface area (TPSA) is 144 Å². The summed E-state index contributed by atoms with van der Waals surface area (Å²) < 4.78 is 16.9. The number of benzene rings is 1. The number of hydrogen-bond donors (Lipinski definition) is 3. The van der Waals surface area contributed by atoms with Gasteiger partial charge in [-0.15, -0.1) is 0 Å². The van der Waals surface area contributed by atoms with E-state index in [2.05, 4.69) is 41.8 Å². The molecular weight excluding hydrogens is 620 g/mol. The highest BCUT2D eigenvalue weighted by Gasteiger charge is 2.27. The summed E-state index contributed by atoms with van der Waals surface area (Å²) in [6, 6.07) is 7.34. The SMILES string of the molecule is CC(C)C(=O)COCCOCC(=O)NCCOc1ccc(Nc2ncc(Br)c(NCCCN(C)C(=O)C3CCC3)n2)cc1. The molecule has 2 aromatic rings. The molecule has 1 heterocycles. The molecule has 0 atom stereocenters. The first-order chi connectivity index (χ1) is 20.7. The van der Waals surface area contributed by atoms with E-state index in [1.807, 2.05) is 50.1 Å². The molecular formula is C30H43BrN6O6. The van der Waals surface area contributed by atoms with Crippen molar-refractivity contribution in [3.63, 3.8) is 0 Å². The number of hydrogen-bond acceptors (Lipinski definition) is 10. The summed E-state index contributed by atoms with van der Waals surface area (Å²) in [6.07, 6.45) is 5.68. The Balaban J connectivity index is 1.29. The zero-order valence-electron chi connectivity index (χ0n) is 25.2. The van der Waals surface area contributed by atoms with Crippen LogP contribution in [0.4, 0.5) is 17.5 Å². The molecule has 2 amide bonds. The lowest BCUT2D eigenvalue weighted by atomic mass is 9.84. The Kier molecular flexibility index (Phi) is 14.6. The molecule has 1 aromatic carbocycles. The molecule has 0 radical (unpaired) electrons. The number of Topliss-reactive ketones (excluding diaryl/α,β-unsaturated/α-hetero) is 1. The Morgan fingerprint density at radius 3 is 2.44 bits per heavy atom. The van der Waals surface area contributed by atoms with Crippen LogP contribution >= 0.6 is 15.9 Å². The van der Waals surface area contributed by atoms with Gasteiger partial charge in [0.05, 0.1) is 24.2 Å². The highest BCUT2D eigenvalue weighted by molar-refractivity contribution is 9.10. The van der Waals surface area contributed by atoms with E-state index in [1.54, 1.807) is 6.20 Å². The van der Waals surface area contributed by atoms with E-state index >= 15 is 0 Å². The van der Waals surface area contributed by atoms with Crippen molar-refractivity contribution in [3.8, 4) is 5.75 Å². The number of ether oxygens (including phenoxy) is 3. The normalized spacial score (nSPS) is 12.9. The average Bonchev–Trinajstić information content (AvgIpc) is 2.96. The van der Waals surface area contributed by atoms with Crippen LogP contribution in [0.1, 0.15) is 39.5 Å². The van der Waals surface area contributed by atoms with Gasteiger partial charge in [0.1, 0.15) is 31.4 Å². The first kappa shape index (κ1) is 34.2. The number of amides is 2. The molecule has 1 aliphatic carbocycles. The number of anilines is 3. The van der Waals surface area contributed by atoms with E-state index < -0.39 is 0 Å². The first-order valence-electron chi connectivity index (χ1n) is 14.7. The fourth-order valence-corrected chi connectivity index (χ4v) is 4.28. The van der Waals surface area contributed by atoms with Gasteiger partial charge in [0.15, 0.2) is 5.78 Å². The molecule has 0 bridgehead atoms. The number of ketones is 1. The van der Waals surface area contributed by atoms with Crippen molar-refractivity contribution >= 4 is 51.0 Å². The average molecular weight is 664 g/mol. The summed E-state index contributed by atoms with van der Waals surface area (Å²) in [7, 11) is 1.87. The first-order valence-corrected chi connectivity index (χ1v) is 15.5. The number of nitrogens with zero attached hydrogens (tertiary/aromatic N) is 3. The fourth-order valence-electron chi connectivity index (χ4n) is 3.95. The summed E-state index contributed by atoms with van der Waals surface area (Å²) in [5, 5.41) is 9.22. The Hall–Kier alpha value is -3.29. The van der Waals surface area contributed by atoms with Crippen LogP contribution in [-0.4, -0.2) is 92.2 Å². The van der Waals surface area contributed by atoms with Crippen molar-refractivity contribution in [2.75, 3.05) is 70.3 Å². The van der Waals surface area contributed by atoms with Crippen LogP contribution < -0.4 is 20.7 Å². The van der Waals surface area contributed by atoms with Gasteiger partial charge in [-0.2, -0.15) is 4.98 Å². The molecule has 0 saturated heterocycles. The van der Waals surface area contributed by atoms with Crippen LogP contribution in [0, 0.1) is 11.8 Å². The van der Waals surface area contributed by atoms with Gasteiger partial charge >= 0.3 is 0 Å². The van der Waals surface area contributed by atoms with Gasteiger partial charge in [-0.05, 0) is 59.5 Å². The van der Waals surface area contributed by atoms with E-state index in [9.17, 15) is 14.4 Å². The number of halogens is 1. The van der Waals surface area contributed by atoms with Crippen molar-refractivity contribution in [3.05, 3.63) is 34.9 Å². The van der Waals surface area contributed by atoms with E-state index in [-0.39, 0.29) is 55.9 Å². The van der Waals surface area contributed by atoms with E-state index in [1.165, 1.54) is 0 Å². The molecule has 3 N–H and O–H groups in total. The van der Waals surface area contributed by atoms with Crippen molar-refractivity contribution in [2.45, 2.75) is 39.5 Å². The third kappa shape index (κ3) is 12.5. The van der Waals surface area contributed by atoms with E-state index in [0.29, 0.717) is 43.8 Å². The van der Waals surface area contributed by atoms with Crippen molar-refractivity contribution < 1.29 is 28.6 Å². The number of aromatic nitrogens is 2. The maximum atomic E-state index is 12.3. The molecule has 0 spiro atoms. The quantitative estimate of drug-likeness (QED) is 0.179. The largest absolute Gasteiger partial charge is 0.492 e. The van der Waals surface area contributed by atoms with Crippen LogP contribution in [0.5, 0.6) is 5.75 Å². The second kappa shape index (κ2) is 18.4. The maximum Gasteiger partial charge on any atom is 0.246 e. The van der Waals surface area contributed by atoms with Gasteiger partial charge < -0.3 is 35.1 Å². The second-order valence-electron chi connectivity index (χ2n) is 10.6. The summed E-state index contributed by atoms with van der Waals surface area (Å²) in [5.74, 6) is 1.96. The summed E-state index contributed by atoms with van der Waals surface area (Å²) in [4.78, 5) is 46.4. The van der Waals surface area contributed by atoms with Crippen LogP contribution in [0.15, 0.2) is 34.9 Å².